The van der Waals surface area contributed by atoms with Gasteiger partial charge in [0.1, 0.15) is 18.4 Å². The fraction of sp³-hybridized carbons (Fsp3) is 0.417. The van der Waals surface area contributed by atoms with E-state index in [4.69, 9.17) is 11.6 Å². The van der Waals surface area contributed by atoms with Gasteiger partial charge in [0.05, 0.1) is 11.9 Å². The van der Waals surface area contributed by atoms with E-state index in [1.165, 1.54) is 23.1 Å². The zero-order valence-corrected chi connectivity index (χ0v) is 21.2. The molecule has 1 atom stereocenters. The average Bonchev–Trinajstić information content (AvgIpc) is 2.78. The van der Waals surface area contributed by atoms with Crippen LogP contribution in [0, 0.1) is 5.82 Å². The molecule has 2 rings (SSSR count). The Morgan fingerprint density at radius 3 is 2.32 bits per heavy atom. The first-order valence-corrected chi connectivity index (χ1v) is 13.4. The second-order valence-corrected chi connectivity index (χ2v) is 10.2. The van der Waals surface area contributed by atoms with E-state index in [-0.39, 0.29) is 18.1 Å². The minimum atomic E-state index is -4.00. The number of sulfonamides is 1. The van der Waals surface area contributed by atoms with Gasteiger partial charge < -0.3 is 10.2 Å². The number of halogens is 2. The molecule has 0 saturated carbocycles. The van der Waals surface area contributed by atoms with E-state index in [1.54, 1.807) is 31.2 Å². The molecule has 7 nitrogen and oxygen atoms in total. The first-order valence-electron chi connectivity index (χ1n) is 11.1. The minimum absolute atomic E-state index is 0.00686. The summed E-state index contributed by atoms with van der Waals surface area (Å²) in [5, 5.41) is 3.25. The molecular weight excluding hydrogens is 481 g/mol. The van der Waals surface area contributed by atoms with Crippen LogP contribution in [0.15, 0.2) is 48.5 Å². The molecule has 0 spiro atoms. The van der Waals surface area contributed by atoms with Crippen LogP contribution in [0.5, 0.6) is 0 Å². The van der Waals surface area contributed by atoms with Crippen molar-refractivity contribution in [1.82, 2.24) is 10.2 Å². The normalized spacial score (nSPS) is 12.1. The number of carbonyl (C=O) groups is 2. The zero-order chi connectivity index (χ0) is 25.3. The number of unbranched alkanes of at least 4 members (excludes halogenated alkanes) is 1. The first-order chi connectivity index (χ1) is 16.1. The summed E-state index contributed by atoms with van der Waals surface area (Å²) in [6, 6.07) is 11.4. The number of nitrogens with one attached hydrogen (secondary N) is 1. The van der Waals surface area contributed by atoms with Gasteiger partial charge in [-0.25, -0.2) is 12.8 Å². The van der Waals surface area contributed by atoms with E-state index in [0.717, 1.165) is 25.2 Å². The predicted octanol–water partition coefficient (Wildman–Crippen LogP) is 3.97. The molecule has 0 aliphatic carbocycles. The number of amides is 2. The summed E-state index contributed by atoms with van der Waals surface area (Å²) in [7, 11) is -4.00. The maximum absolute atomic E-state index is 14.4. The predicted molar refractivity (Wildman–Crippen MR) is 133 cm³/mol. The van der Waals surface area contributed by atoms with E-state index in [0.29, 0.717) is 27.9 Å². The van der Waals surface area contributed by atoms with Gasteiger partial charge >= 0.3 is 0 Å². The second-order valence-electron chi connectivity index (χ2n) is 7.90. The minimum Gasteiger partial charge on any atom is -0.354 e. The maximum atomic E-state index is 14.4. The highest BCUT2D eigenvalue weighted by Gasteiger charge is 2.32. The fourth-order valence-corrected chi connectivity index (χ4v) is 4.53. The van der Waals surface area contributed by atoms with Crippen molar-refractivity contribution < 1.29 is 22.4 Å². The SMILES string of the molecule is CCCCNC(=O)C(CC)N(Cc1ccccc1Cl)C(=O)CN(c1ccccc1F)S(C)(=O)=O. The number of rotatable bonds is 12. The van der Waals surface area contributed by atoms with Gasteiger partial charge in [-0.2, -0.15) is 0 Å². The molecule has 186 valence electrons. The molecule has 0 heterocycles. The molecule has 1 unspecified atom stereocenters. The average molecular weight is 512 g/mol. The number of hydrogen-bond acceptors (Lipinski definition) is 4. The number of carbonyl (C=O) groups excluding carboxylic acids is 2. The Bertz CT molecular complexity index is 1100. The van der Waals surface area contributed by atoms with Crippen LogP contribution in [0.2, 0.25) is 5.02 Å². The van der Waals surface area contributed by atoms with Crippen LogP contribution in [0.25, 0.3) is 0 Å². The maximum Gasteiger partial charge on any atom is 0.244 e. The van der Waals surface area contributed by atoms with E-state index in [9.17, 15) is 22.4 Å². The highest BCUT2D eigenvalue weighted by Crippen LogP contribution is 2.24. The molecule has 0 aliphatic rings. The van der Waals surface area contributed by atoms with E-state index in [1.807, 2.05) is 6.92 Å². The first kappa shape index (κ1) is 27.6. The third-order valence-corrected chi connectivity index (χ3v) is 6.81. The van der Waals surface area contributed by atoms with Crippen LogP contribution >= 0.6 is 11.6 Å². The molecule has 0 aromatic heterocycles. The van der Waals surface area contributed by atoms with Crippen molar-refractivity contribution in [3.05, 3.63) is 64.9 Å². The van der Waals surface area contributed by atoms with Crippen molar-refractivity contribution in [3.63, 3.8) is 0 Å². The summed E-state index contributed by atoms with van der Waals surface area (Å²) in [5.74, 6) is -1.76. The molecular formula is C24H31ClFN3O4S. The molecule has 0 radical (unpaired) electrons. The number of anilines is 1. The number of para-hydroxylation sites is 1. The third kappa shape index (κ3) is 7.43. The smallest absolute Gasteiger partial charge is 0.244 e. The van der Waals surface area contributed by atoms with Crippen molar-refractivity contribution in [2.24, 2.45) is 0 Å². The van der Waals surface area contributed by atoms with Crippen LogP contribution in [0.4, 0.5) is 10.1 Å². The second kappa shape index (κ2) is 12.7. The standard InChI is InChI=1S/C24H31ClFN3O4S/c1-4-6-15-27-24(31)21(5-2)28(16-18-11-7-8-12-19(18)25)23(30)17-29(34(3,32)33)22-14-10-9-13-20(22)26/h7-14,21H,4-6,15-17H2,1-3H3,(H,27,31). The van der Waals surface area contributed by atoms with Gasteiger partial charge in [0.2, 0.25) is 21.8 Å². The third-order valence-electron chi connectivity index (χ3n) is 5.31. The summed E-state index contributed by atoms with van der Waals surface area (Å²) in [4.78, 5) is 27.8. The number of nitrogens with zero attached hydrogens (tertiary/aromatic N) is 2. The number of hydrogen-bond donors (Lipinski definition) is 1. The Kier molecular flexibility index (Phi) is 10.3. The molecule has 0 aliphatic heterocycles. The van der Waals surface area contributed by atoms with Crippen molar-refractivity contribution in [2.45, 2.75) is 45.7 Å². The van der Waals surface area contributed by atoms with Crippen LogP contribution < -0.4 is 9.62 Å². The van der Waals surface area contributed by atoms with Crippen LogP contribution in [-0.2, 0) is 26.2 Å². The Balaban J connectivity index is 2.43. The zero-order valence-electron chi connectivity index (χ0n) is 19.6. The lowest BCUT2D eigenvalue weighted by atomic mass is 10.1. The van der Waals surface area contributed by atoms with Crippen molar-refractivity contribution in [1.29, 1.82) is 0 Å². The van der Waals surface area contributed by atoms with E-state index in [2.05, 4.69) is 5.32 Å². The molecule has 0 saturated heterocycles. The van der Waals surface area contributed by atoms with Crippen molar-refractivity contribution >= 4 is 39.1 Å². The molecule has 10 heteroatoms. The van der Waals surface area contributed by atoms with Gasteiger partial charge in [0, 0.05) is 18.1 Å². The lowest BCUT2D eigenvalue weighted by molar-refractivity contribution is -0.140. The van der Waals surface area contributed by atoms with Crippen LogP contribution in [-0.4, -0.2) is 50.5 Å². The monoisotopic (exact) mass is 511 g/mol. The van der Waals surface area contributed by atoms with Crippen molar-refractivity contribution in [3.8, 4) is 0 Å². The highest BCUT2D eigenvalue weighted by molar-refractivity contribution is 7.92. The molecule has 34 heavy (non-hydrogen) atoms. The lowest BCUT2D eigenvalue weighted by Gasteiger charge is -2.33. The van der Waals surface area contributed by atoms with E-state index >= 15 is 0 Å². The van der Waals surface area contributed by atoms with Crippen LogP contribution in [0.3, 0.4) is 0 Å². The summed E-state index contributed by atoms with van der Waals surface area (Å²) >= 11 is 6.30. The van der Waals surface area contributed by atoms with E-state index < -0.39 is 34.3 Å². The highest BCUT2D eigenvalue weighted by atomic mass is 35.5. The summed E-state index contributed by atoms with van der Waals surface area (Å²) in [5.41, 5.74) is 0.366. The van der Waals surface area contributed by atoms with Gasteiger partial charge in [-0.15, -0.1) is 0 Å². The largest absolute Gasteiger partial charge is 0.354 e. The van der Waals surface area contributed by atoms with Crippen molar-refractivity contribution in [2.75, 3.05) is 23.7 Å². The Labute approximate surface area is 205 Å². The summed E-state index contributed by atoms with van der Waals surface area (Å²) in [6.07, 6.45) is 2.88. The Morgan fingerprint density at radius 1 is 1.09 bits per heavy atom. The van der Waals surface area contributed by atoms with Gasteiger partial charge in [0.25, 0.3) is 0 Å². The Morgan fingerprint density at radius 2 is 1.74 bits per heavy atom. The molecule has 1 N–H and O–H groups in total. The topological polar surface area (TPSA) is 86.8 Å². The van der Waals surface area contributed by atoms with Gasteiger partial charge in [-0.3, -0.25) is 13.9 Å². The molecule has 2 aromatic rings. The van der Waals surface area contributed by atoms with Gasteiger partial charge in [-0.05, 0) is 36.6 Å². The van der Waals surface area contributed by atoms with Crippen LogP contribution in [0.1, 0.15) is 38.7 Å². The van der Waals surface area contributed by atoms with Gasteiger partial charge in [-0.1, -0.05) is 62.2 Å². The summed E-state index contributed by atoms with van der Waals surface area (Å²) in [6.45, 7) is 3.56. The molecule has 0 fully saturated rings. The fourth-order valence-electron chi connectivity index (χ4n) is 3.48. The summed E-state index contributed by atoms with van der Waals surface area (Å²) < 4.78 is 40.1. The lowest BCUT2D eigenvalue weighted by Crippen LogP contribution is -2.52. The molecule has 2 amide bonds. The quantitative estimate of drug-likeness (QED) is 0.437. The number of benzene rings is 2. The van der Waals surface area contributed by atoms with Gasteiger partial charge in [0.15, 0.2) is 0 Å². The molecule has 0 bridgehead atoms. The molecule has 2 aromatic carbocycles. The Hall–Kier alpha value is -2.65.